The molecule has 2 aromatic rings. The van der Waals surface area contributed by atoms with E-state index in [1.54, 1.807) is 13.1 Å². The van der Waals surface area contributed by atoms with Gasteiger partial charge in [0.2, 0.25) is 0 Å². The Morgan fingerprint density at radius 3 is 2.38 bits per heavy atom. The molecule has 0 radical (unpaired) electrons. The Labute approximate surface area is 90.5 Å². The second kappa shape index (κ2) is 3.74. The zero-order chi connectivity index (χ0) is 11.7. The number of aromatic nitrogens is 2. The van der Waals surface area contributed by atoms with Crippen LogP contribution in [-0.2, 0) is 7.05 Å². The summed E-state index contributed by atoms with van der Waals surface area (Å²) in [6.45, 7) is 0. The van der Waals surface area contributed by atoms with E-state index in [9.17, 15) is 8.78 Å². The van der Waals surface area contributed by atoms with E-state index in [0.29, 0.717) is 5.56 Å². The number of aryl methyl sites for hydroxylation is 1. The van der Waals surface area contributed by atoms with Crippen molar-refractivity contribution in [2.24, 2.45) is 7.05 Å². The van der Waals surface area contributed by atoms with Crippen LogP contribution in [0.1, 0.15) is 5.56 Å². The highest BCUT2D eigenvalue weighted by molar-refractivity contribution is 5.64. The van der Waals surface area contributed by atoms with Gasteiger partial charge in [0.05, 0.1) is 23.4 Å². The van der Waals surface area contributed by atoms with Crippen molar-refractivity contribution >= 4 is 0 Å². The van der Waals surface area contributed by atoms with E-state index in [4.69, 9.17) is 5.26 Å². The summed E-state index contributed by atoms with van der Waals surface area (Å²) in [4.78, 5) is 0. The molecule has 0 aliphatic carbocycles. The van der Waals surface area contributed by atoms with Gasteiger partial charge in [-0.1, -0.05) is 0 Å². The van der Waals surface area contributed by atoms with Gasteiger partial charge in [0.15, 0.2) is 0 Å². The van der Waals surface area contributed by atoms with Crippen molar-refractivity contribution in [3.63, 3.8) is 0 Å². The van der Waals surface area contributed by atoms with Gasteiger partial charge in [-0.15, -0.1) is 0 Å². The Morgan fingerprint density at radius 2 is 1.94 bits per heavy atom. The largest absolute Gasteiger partial charge is 0.275 e. The number of halogens is 2. The molecule has 1 heterocycles. The smallest absolute Gasteiger partial charge is 0.135 e. The van der Waals surface area contributed by atoms with Crippen LogP contribution in [0.25, 0.3) is 11.1 Å². The quantitative estimate of drug-likeness (QED) is 0.738. The topological polar surface area (TPSA) is 41.6 Å². The summed E-state index contributed by atoms with van der Waals surface area (Å²) in [5, 5.41) is 12.4. The molecule has 5 heteroatoms. The number of nitrogens with zero attached hydrogens (tertiary/aromatic N) is 3. The molecule has 0 saturated carbocycles. The Morgan fingerprint density at radius 1 is 1.31 bits per heavy atom. The lowest BCUT2D eigenvalue weighted by Crippen LogP contribution is -1.91. The minimum atomic E-state index is -0.760. The number of hydrogen-bond acceptors (Lipinski definition) is 2. The second-order valence-corrected chi connectivity index (χ2v) is 3.33. The second-order valence-electron chi connectivity index (χ2n) is 3.33. The fourth-order valence-electron chi connectivity index (χ4n) is 1.46. The zero-order valence-corrected chi connectivity index (χ0v) is 8.41. The van der Waals surface area contributed by atoms with Gasteiger partial charge < -0.3 is 0 Å². The first-order valence-electron chi connectivity index (χ1n) is 4.50. The van der Waals surface area contributed by atoms with Crippen molar-refractivity contribution in [3.05, 3.63) is 41.7 Å². The lowest BCUT2D eigenvalue weighted by molar-refractivity contribution is 0.589. The maximum atomic E-state index is 13.6. The minimum Gasteiger partial charge on any atom is -0.275 e. The molecule has 1 aromatic heterocycles. The third-order valence-electron chi connectivity index (χ3n) is 2.16. The predicted octanol–water partition coefficient (Wildman–Crippen LogP) is 2.24. The molecule has 80 valence electrons. The number of nitriles is 1. The van der Waals surface area contributed by atoms with E-state index < -0.39 is 11.6 Å². The highest BCUT2D eigenvalue weighted by Crippen LogP contribution is 2.26. The van der Waals surface area contributed by atoms with Gasteiger partial charge in [0.1, 0.15) is 11.6 Å². The van der Waals surface area contributed by atoms with Crippen molar-refractivity contribution in [1.29, 1.82) is 5.26 Å². The van der Waals surface area contributed by atoms with Crippen LogP contribution in [0.5, 0.6) is 0 Å². The van der Waals surface area contributed by atoms with Gasteiger partial charge in [0.25, 0.3) is 0 Å². The molecule has 0 aliphatic heterocycles. The van der Waals surface area contributed by atoms with E-state index in [1.807, 2.05) is 0 Å². The summed E-state index contributed by atoms with van der Waals surface area (Å²) in [7, 11) is 1.66. The maximum Gasteiger partial charge on any atom is 0.135 e. The van der Waals surface area contributed by atoms with Gasteiger partial charge >= 0.3 is 0 Å². The van der Waals surface area contributed by atoms with Gasteiger partial charge in [-0.3, -0.25) is 4.68 Å². The van der Waals surface area contributed by atoms with E-state index >= 15 is 0 Å². The summed E-state index contributed by atoms with van der Waals surface area (Å²) in [5.74, 6) is -1.52. The average molecular weight is 219 g/mol. The first-order valence-corrected chi connectivity index (χ1v) is 4.50. The molecule has 0 fully saturated rings. The van der Waals surface area contributed by atoms with E-state index in [-0.39, 0.29) is 11.1 Å². The number of hydrogen-bond donors (Lipinski definition) is 0. The first kappa shape index (κ1) is 10.3. The summed E-state index contributed by atoms with van der Waals surface area (Å²) >= 11 is 0. The molecule has 0 unspecified atom stereocenters. The molecule has 0 aliphatic rings. The highest BCUT2D eigenvalue weighted by Gasteiger charge is 2.14. The fraction of sp³-hybridized carbons (Fsp3) is 0.0909. The molecule has 1 aromatic carbocycles. The molecule has 16 heavy (non-hydrogen) atoms. The monoisotopic (exact) mass is 219 g/mol. The molecule has 0 N–H and O–H groups in total. The van der Waals surface area contributed by atoms with Crippen LogP contribution in [-0.4, -0.2) is 9.78 Å². The van der Waals surface area contributed by atoms with E-state index in [2.05, 4.69) is 5.10 Å². The highest BCUT2D eigenvalue weighted by atomic mass is 19.1. The number of benzene rings is 1. The van der Waals surface area contributed by atoms with Crippen molar-refractivity contribution in [2.45, 2.75) is 0 Å². The lowest BCUT2D eigenvalue weighted by atomic mass is 10.1. The molecular weight excluding hydrogens is 212 g/mol. The average Bonchev–Trinajstić information content (AvgIpc) is 2.63. The Hall–Kier alpha value is -2.22. The fourth-order valence-corrected chi connectivity index (χ4v) is 1.46. The Balaban J connectivity index is 2.63. The van der Waals surface area contributed by atoms with Crippen LogP contribution < -0.4 is 0 Å². The summed E-state index contributed by atoms with van der Waals surface area (Å²) < 4.78 is 28.6. The van der Waals surface area contributed by atoms with Crippen LogP contribution in [0.2, 0.25) is 0 Å². The summed E-state index contributed by atoms with van der Waals surface area (Å²) in [5.41, 5.74) is 0.150. The third-order valence-corrected chi connectivity index (χ3v) is 2.16. The maximum absolute atomic E-state index is 13.6. The van der Waals surface area contributed by atoms with Gasteiger partial charge in [-0.2, -0.15) is 10.4 Å². The molecule has 0 amide bonds. The molecule has 0 bridgehead atoms. The predicted molar refractivity (Wildman–Crippen MR) is 53.3 cm³/mol. The van der Waals surface area contributed by atoms with Gasteiger partial charge in [-0.05, 0) is 12.1 Å². The van der Waals surface area contributed by atoms with Crippen LogP contribution >= 0.6 is 0 Å². The zero-order valence-electron chi connectivity index (χ0n) is 8.41. The standard InChI is InChI=1S/C11H7F2N3/c1-16-6-8(5-15-16)11-9(12)2-7(4-14)3-10(11)13/h2-3,5-6H,1H3. The van der Waals surface area contributed by atoms with Crippen LogP contribution in [0.3, 0.4) is 0 Å². The van der Waals surface area contributed by atoms with Crippen LogP contribution in [0.15, 0.2) is 24.5 Å². The van der Waals surface area contributed by atoms with Crippen molar-refractivity contribution < 1.29 is 8.78 Å². The van der Waals surface area contributed by atoms with Gasteiger partial charge in [-0.25, -0.2) is 8.78 Å². The first-order chi connectivity index (χ1) is 7.61. The van der Waals surface area contributed by atoms with Crippen LogP contribution in [0, 0.1) is 23.0 Å². The molecule has 0 spiro atoms. The molecule has 2 rings (SSSR count). The Bertz CT molecular complexity index is 558. The van der Waals surface area contributed by atoms with Gasteiger partial charge in [0, 0.05) is 18.8 Å². The Kier molecular flexibility index (Phi) is 2.41. The van der Waals surface area contributed by atoms with Crippen molar-refractivity contribution in [2.75, 3.05) is 0 Å². The summed E-state index contributed by atoms with van der Waals surface area (Å²) in [6.07, 6.45) is 2.88. The third kappa shape index (κ3) is 1.65. The molecule has 3 nitrogen and oxygen atoms in total. The lowest BCUT2D eigenvalue weighted by Gasteiger charge is -2.02. The molecule has 0 saturated heterocycles. The van der Waals surface area contributed by atoms with Crippen molar-refractivity contribution in [3.8, 4) is 17.2 Å². The molecule has 0 atom stereocenters. The number of rotatable bonds is 1. The minimum absolute atomic E-state index is 0.0392. The SMILES string of the molecule is Cn1cc(-c2c(F)cc(C#N)cc2F)cn1. The molecular formula is C11H7F2N3. The van der Waals surface area contributed by atoms with Crippen LogP contribution in [0.4, 0.5) is 8.78 Å². The normalized spacial score (nSPS) is 10.1. The summed E-state index contributed by atoms with van der Waals surface area (Å²) in [6, 6.07) is 3.70. The van der Waals surface area contributed by atoms with E-state index in [0.717, 1.165) is 12.1 Å². The van der Waals surface area contributed by atoms with E-state index in [1.165, 1.54) is 17.1 Å². The van der Waals surface area contributed by atoms with Crippen molar-refractivity contribution in [1.82, 2.24) is 9.78 Å².